The van der Waals surface area contributed by atoms with Gasteiger partial charge >= 0.3 is 0 Å². The summed E-state index contributed by atoms with van der Waals surface area (Å²) in [5.41, 5.74) is 1.00. The molecule has 1 atom stereocenters. The molecule has 1 unspecified atom stereocenters. The average Bonchev–Trinajstić information content (AvgIpc) is 3.06. The highest BCUT2D eigenvalue weighted by atomic mass is 35.5. The molecule has 1 N–H and O–H groups in total. The summed E-state index contributed by atoms with van der Waals surface area (Å²) in [4.78, 5) is 15.4. The maximum absolute atomic E-state index is 14.0. The van der Waals surface area contributed by atoms with E-state index in [0.29, 0.717) is 24.9 Å². The van der Waals surface area contributed by atoms with Crippen LogP contribution in [0.15, 0.2) is 24.3 Å². The Morgan fingerprint density at radius 3 is 2.58 bits per heavy atom. The number of nitrogens with one attached hydrogen (secondary N) is 1. The second-order valence-electron chi connectivity index (χ2n) is 8.18. The largest absolute Gasteiger partial charge is 0.339 e. The number of hydrogen-bond acceptors (Lipinski definition) is 2. The van der Waals surface area contributed by atoms with Gasteiger partial charge < -0.3 is 10.2 Å². The van der Waals surface area contributed by atoms with Crippen LogP contribution >= 0.6 is 12.4 Å². The Kier molecular flexibility index (Phi) is 6.24. The molecular weight excluding hydrogens is 351 g/mol. The highest BCUT2D eigenvalue weighted by molar-refractivity contribution is 5.85. The zero-order valence-corrected chi connectivity index (χ0v) is 16.2. The smallest absolute Gasteiger partial charge is 0.226 e. The lowest BCUT2D eigenvalue weighted by atomic mass is 9.91. The Morgan fingerprint density at radius 2 is 1.88 bits per heavy atom. The lowest BCUT2D eigenvalue weighted by Gasteiger charge is -2.31. The molecule has 0 radical (unpaired) electrons. The molecule has 0 bridgehead atoms. The lowest BCUT2D eigenvalue weighted by Crippen LogP contribution is -2.43. The van der Waals surface area contributed by atoms with Gasteiger partial charge in [0.2, 0.25) is 5.91 Å². The molecule has 5 heteroatoms. The molecule has 1 spiro atoms. The van der Waals surface area contributed by atoms with E-state index in [-0.39, 0.29) is 29.6 Å². The molecule has 144 valence electrons. The van der Waals surface area contributed by atoms with Gasteiger partial charge in [0.1, 0.15) is 5.82 Å². The number of rotatable bonds is 5. The van der Waals surface area contributed by atoms with Crippen LogP contribution < -0.4 is 5.32 Å². The second-order valence-corrected chi connectivity index (χ2v) is 8.18. The number of hydrogen-bond donors (Lipinski definition) is 1. The Balaban J connectivity index is 0.00000196. The summed E-state index contributed by atoms with van der Waals surface area (Å²) >= 11 is 0. The van der Waals surface area contributed by atoms with Crippen molar-refractivity contribution in [1.82, 2.24) is 10.2 Å². The van der Waals surface area contributed by atoms with Crippen molar-refractivity contribution in [3.05, 3.63) is 35.6 Å². The van der Waals surface area contributed by atoms with Crippen LogP contribution in [0.4, 0.5) is 4.39 Å². The van der Waals surface area contributed by atoms with E-state index in [0.717, 1.165) is 50.8 Å². The second kappa shape index (κ2) is 8.26. The molecule has 26 heavy (non-hydrogen) atoms. The molecule has 0 aromatic heterocycles. The van der Waals surface area contributed by atoms with Crippen LogP contribution in [0, 0.1) is 17.2 Å². The summed E-state index contributed by atoms with van der Waals surface area (Å²) in [7, 11) is 0. The fourth-order valence-corrected chi connectivity index (χ4v) is 5.00. The summed E-state index contributed by atoms with van der Waals surface area (Å²) in [5.74, 6) is 0.420. The maximum atomic E-state index is 14.0. The molecule has 3 fully saturated rings. The van der Waals surface area contributed by atoms with Crippen molar-refractivity contribution in [3.8, 4) is 0 Å². The van der Waals surface area contributed by atoms with E-state index in [1.54, 1.807) is 6.07 Å². The summed E-state index contributed by atoms with van der Waals surface area (Å²) in [6, 6.07) is 7.34. The van der Waals surface area contributed by atoms with Crippen LogP contribution in [0.3, 0.4) is 0 Å². The first-order valence-electron chi connectivity index (χ1n) is 9.94. The Labute approximate surface area is 162 Å². The van der Waals surface area contributed by atoms with Gasteiger partial charge in [0.15, 0.2) is 0 Å². The predicted molar refractivity (Wildman–Crippen MR) is 104 cm³/mol. The van der Waals surface area contributed by atoms with Crippen LogP contribution in [0.5, 0.6) is 0 Å². The highest BCUT2D eigenvalue weighted by Gasteiger charge is 2.58. The third kappa shape index (κ3) is 3.91. The van der Waals surface area contributed by atoms with E-state index in [1.165, 1.54) is 18.9 Å². The molecule has 1 aliphatic heterocycles. The SMILES string of the molecule is Cl.O=C(C1CC12CCNCC2)N(CCc1ccccc1F)C1CCCC1. The van der Waals surface area contributed by atoms with Crippen molar-refractivity contribution in [1.29, 1.82) is 0 Å². The third-order valence-corrected chi connectivity index (χ3v) is 6.72. The zero-order chi connectivity index (χ0) is 17.3. The summed E-state index contributed by atoms with van der Waals surface area (Å²) in [5, 5.41) is 3.41. The third-order valence-electron chi connectivity index (χ3n) is 6.72. The average molecular weight is 381 g/mol. The van der Waals surface area contributed by atoms with Crippen LogP contribution in [0.25, 0.3) is 0 Å². The van der Waals surface area contributed by atoms with Gasteiger partial charge in [-0.25, -0.2) is 4.39 Å². The van der Waals surface area contributed by atoms with Crippen molar-refractivity contribution in [2.45, 2.75) is 57.4 Å². The topological polar surface area (TPSA) is 32.3 Å². The van der Waals surface area contributed by atoms with Gasteiger partial charge in [0.25, 0.3) is 0 Å². The van der Waals surface area contributed by atoms with Gasteiger partial charge in [0.05, 0.1) is 0 Å². The number of amides is 1. The van der Waals surface area contributed by atoms with Crippen molar-refractivity contribution in [2.24, 2.45) is 11.3 Å². The minimum absolute atomic E-state index is 0. The Bertz CT molecular complexity index is 626. The molecule has 2 saturated carbocycles. The molecule has 1 aromatic carbocycles. The first-order chi connectivity index (χ1) is 12.2. The molecule has 3 nitrogen and oxygen atoms in total. The van der Waals surface area contributed by atoms with Crippen LogP contribution in [0.1, 0.15) is 50.5 Å². The number of piperidine rings is 1. The van der Waals surface area contributed by atoms with Gasteiger partial charge in [-0.05, 0) is 68.7 Å². The first kappa shape index (κ1) is 19.6. The van der Waals surface area contributed by atoms with Crippen molar-refractivity contribution >= 4 is 18.3 Å². The summed E-state index contributed by atoms with van der Waals surface area (Å²) < 4.78 is 14.0. The number of halogens is 2. The number of carbonyl (C=O) groups is 1. The van der Waals surface area contributed by atoms with Gasteiger partial charge in [0, 0.05) is 18.5 Å². The quantitative estimate of drug-likeness (QED) is 0.838. The number of nitrogens with zero attached hydrogens (tertiary/aromatic N) is 1. The molecule has 4 rings (SSSR count). The van der Waals surface area contributed by atoms with Crippen molar-refractivity contribution in [2.75, 3.05) is 19.6 Å². The molecule has 2 aliphatic carbocycles. The fourth-order valence-electron chi connectivity index (χ4n) is 5.00. The van der Waals surface area contributed by atoms with Crippen molar-refractivity contribution < 1.29 is 9.18 Å². The summed E-state index contributed by atoms with van der Waals surface area (Å²) in [6.45, 7) is 2.75. The fraction of sp³-hybridized carbons (Fsp3) is 0.667. The standard InChI is InChI=1S/C21H29FN2O.ClH/c22-19-8-4-1-5-16(19)9-14-24(17-6-2-3-7-17)20(25)18-15-21(18)10-12-23-13-11-21;/h1,4-5,8,17-18,23H,2-3,6-7,9-15H2;1H. The molecule has 3 aliphatic rings. The van der Waals surface area contributed by atoms with E-state index in [1.807, 2.05) is 12.1 Å². The maximum Gasteiger partial charge on any atom is 0.226 e. The molecule has 1 heterocycles. The van der Waals surface area contributed by atoms with Crippen LogP contribution in [0.2, 0.25) is 0 Å². The summed E-state index contributed by atoms with van der Waals surface area (Å²) in [6.07, 6.45) is 8.62. The van der Waals surface area contributed by atoms with Gasteiger partial charge in [-0.2, -0.15) is 0 Å². The normalized spacial score (nSPS) is 24.3. The van der Waals surface area contributed by atoms with Crippen LogP contribution in [-0.4, -0.2) is 36.5 Å². The van der Waals surface area contributed by atoms with E-state index in [4.69, 9.17) is 0 Å². The number of carbonyl (C=O) groups excluding carboxylic acids is 1. The number of benzene rings is 1. The predicted octanol–water partition coefficient (Wildman–Crippen LogP) is 3.95. The lowest BCUT2D eigenvalue weighted by molar-refractivity contribution is -0.135. The van der Waals surface area contributed by atoms with E-state index < -0.39 is 0 Å². The highest BCUT2D eigenvalue weighted by Crippen LogP contribution is 2.59. The van der Waals surface area contributed by atoms with Crippen LogP contribution in [-0.2, 0) is 11.2 Å². The van der Waals surface area contributed by atoms with E-state index in [2.05, 4.69) is 10.2 Å². The van der Waals surface area contributed by atoms with Gasteiger partial charge in [-0.3, -0.25) is 4.79 Å². The van der Waals surface area contributed by atoms with E-state index >= 15 is 0 Å². The monoisotopic (exact) mass is 380 g/mol. The van der Waals surface area contributed by atoms with Gasteiger partial charge in [-0.1, -0.05) is 31.0 Å². The Hall–Kier alpha value is -1.13. The van der Waals surface area contributed by atoms with E-state index in [9.17, 15) is 9.18 Å². The molecule has 1 saturated heterocycles. The van der Waals surface area contributed by atoms with Crippen molar-refractivity contribution in [3.63, 3.8) is 0 Å². The minimum Gasteiger partial charge on any atom is -0.339 e. The first-order valence-corrected chi connectivity index (χ1v) is 9.94. The molecule has 1 amide bonds. The molecule has 1 aromatic rings. The zero-order valence-electron chi connectivity index (χ0n) is 15.4. The van der Waals surface area contributed by atoms with Gasteiger partial charge in [-0.15, -0.1) is 12.4 Å². The molecular formula is C21H30ClFN2O. The minimum atomic E-state index is -0.150. The Morgan fingerprint density at radius 1 is 1.19 bits per heavy atom.